The monoisotopic (exact) mass is 346 g/mol. The van der Waals surface area contributed by atoms with Crippen LogP contribution >= 0.6 is 23.4 Å². The molecule has 0 aliphatic carbocycles. The molecule has 3 amide bonds. The third kappa shape index (κ3) is 4.35. The van der Waals surface area contributed by atoms with Crippen molar-refractivity contribution in [3.8, 4) is 5.75 Å². The second-order valence-electron chi connectivity index (χ2n) is 4.31. The van der Waals surface area contributed by atoms with Gasteiger partial charge >= 0.3 is 0 Å². The largest absolute Gasteiger partial charge is 0.484 e. The van der Waals surface area contributed by atoms with Crippen molar-refractivity contribution in [3.63, 3.8) is 0 Å². The number of nitrogens with one attached hydrogen (secondary N) is 1. The van der Waals surface area contributed by atoms with Gasteiger partial charge in [-0.25, -0.2) is 4.39 Å². The summed E-state index contributed by atoms with van der Waals surface area (Å²) in [5, 5.41) is 2.12. The molecule has 2 rings (SSSR count). The molecule has 6 nitrogen and oxygen atoms in total. The van der Waals surface area contributed by atoms with Crippen molar-refractivity contribution < 1.29 is 23.5 Å². The zero-order chi connectivity index (χ0) is 16.1. The number of thioether (sulfide) groups is 1. The highest BCUT2D eigenvalue weighted by molar-refractivity contribution is 8.14. The van der Waals surface area contributed by atoms with Crippen molar-refractivity contribution in [1.82, 2.24) is 10.2 Å². The summed E-state index contributed by atoms with van der Waals surface area (Å²) in [6.07, 6.45) is 0. The summed E-state index contributed by atoms with van der Waals surface area (Å²) < 4.78 is 18.1. The Kier molecular flexibility index (Phi) is 5.62. The van der Waals surface area contributed by atoms with Gasteiger partial charge in [-0.1, -0.05) is 23.4 Å². The first-order chi connectivity index (χ1) is 10.5. The Morgan fingerprint density at radius 1 is 1.45 bits per heavy atom. The van der Waals surface area contributed by atoms with Crippen molar-refractivity contribution >= 4 is 40.4 Å². The maximum atomic E-state index is 12.9. The van der Waals surface area contributed by atoms with Crippen LogP contribution in [0, 0.1) is 5.82 Å². The first kappa shape index (κ1) is 16.6. The Balaban J connectivity index is 1.70. The summed E-state index contributed by atoms with van der Waals surface area (Å²) in [5.74, 6) is -0.853. The summed E-state index contributed by atoms with van der Waals surface area (Å²) in [5.41, 5.74) is 0. The Hall–Kier alpha value is -1.80. The van der Waals surface area contributed by atoms with Crippen LogP contribution in [0.15, 0.2) is 18.2 Å². The molecule has 1 aliphatic rings. The molecule has 0 radical (unpaired) electrons. The van der Waals surface area contributed by atoms with Crippen LogP contribution in [0.5, 0.6) is 5.75 Å². The lowest BCUT2D eigenvalue weighted by Gasteiger charge is -2.13. The average Bonchev–Trinajstić information content (AvgIpc) is 2.80. The standard InChI is InChI=1S/C13H12ClFN2O4S/c14-9-5-8(1-2-10(9)15)21-6-11(18)16-3-4-17-12(19)7-22-13(17)20/h1-2,5H,3-4,6-7H2,(H,16,18). The number of nitrogens with zero attached hydrogens (tertiary/aromatic N) is 1. The van der Waals surface area contributed by atoms with Crippen molar-refractivity contribution in [1.29, 1.82) is 0 Å². The lowest BCUT2D eigenvalue weighted by molar-refractivity contribution is -0.126. The molecule has 1 N–H and O–H groups in total. The number of rotatable bonds is 6. The van der Waals surface area contributed by atoms with Crippen LogP contribution in [-0.4, -0.2) is 47.4 Å². The number of halogens is 2. The number of carbonyl (C=O) groups is 3. The minimum Gasteiger partial charge on any atom is -0.484 e. The average molecular weight is 347 g/mol. The van der Waals surface area contributed by atoms with E-state index in [2.05, 4.69) is 5.32 Å². The van der Waals surface area contributed by atoms with Gasteiger partial charge in [0.2, 0.25) is 5.91 Å². The Labute approximate surface area is 134 Å². The van der Waals surface area contributed by atoms with Crippen LogP contribution in [-0.2, 0) is 9.59 Å². The molecule has 0 bridgehead atoms. The van der Waals surface area contributed by atoms with Crippen LogP contribution in [0.1, 0.15) is 0 Å². The second-order valence-corrected chi connectivity index (χ2v) is 5.65. The fraction of sp³-hybridized carbons (Fsp3) is 0.308. The molecule has 1 fully saturated rings. The van der Waals surface area contributed by atoms with Gasteiger partial charge in [-0.3, -0.25) is 19.3 Å². The van der Waals surface area contributed by atoms with Crippen LogP contribution in [0.3, 0.4) is 0 Å². The Morgan fingerprint density at radius 2 is 2.23 bits per heavy atom. The van der Waals surface area contributed by atoms with Gasteiger partial charge in [-0.2, -0.15) is 0 Å². The van der Waals surface area contributed by atoms with E-state index in [1.165, 1.54) is 12.1 Å². The zero-order valence-electron chi connectivity index (χ0n) is 11.3. The number of imide groups is 1. The molecule has 0 saturated carbocycles. The van der Waals surface area contributed by atoms with Crippen molar-refractivity contribution in [2.75, 3.05) is 25.4 Å². The predicted octanol–water partition coefficient (Wildman–Crippen LogP) is 1.67. The van der Waals surface area contributed by atoms with E-state index in [-0.39, 0.29) is 47.4 Å². The predicted molar refractivity (Wildman–Crippen MR) is 79.5 cm³/mol. The molecule has 1 aliphatic heterocycles. The van der Waals surface area contributed by atoms with Crippen LogP contribution in [0.4, 0.5) is 9.18 Å². The number of ether oxygens (including phenoxy) is 1. The SMILES string of the molecule is O=C(COc1ccc(F)c(Cl)c1)NCCN1C(=O)CSC1=O. The summed E-state index contributed by atoms with van der Waals surface area (Å²) >= 11 is 6.53. The van der Waals surface area contributed by atoms with E-state index in [0.29, 0.717) is 0 Å². The fourth-order valence-electron chi connectivity index (χ4n) is 1.67. The topological polar surface area (TPSA) is 75.7 Å². The first-order valence-corrected chi connectivity index (χ1v) is 7.65. The van der Waals surface area contributed by atoms with Gasteiger partial charge in [0, 0.05) is 19.2 Å². The summed E-state index contributed by atoms with van der Waals surface area (Å²) in [6, 6.07) is 3.76. The molecule has 0 spiro atoms. The molecule has 118 valence electrons. The number of benzene rings is 1. The summed E-state index contributed by atoms with van der Waals surface area (Å²) in [4.78, 5) is 35.3. The minimum absolute atomic E-state index is 0.0959. The van der Waals surface area contributed by atoms with Crippen molar-refractivity contribution in [3.05, 3.63) is 29.0 Å². The quantitative estimate of drug-likeness (QED) is 0.848. The molecule has 9 heteroatoms. The second kappa shape index (κ2) is 7.46. The third-order valence-corrected chi connectivity index (χ3v) is 3.91. The van der Waals surface area contributed by atoms with Gasteiger partial charge in [0.15, 0.2) is 6.61 Å². The van der Waals surface area contributed by atoms with E-state index in [9.17, 15) is 18.8 Å². The zero-order valence-corrected chi connectivity index (χ0v) is 12.9. The number of hydrogen-bond donors (Lipinski definition) is 1. The smallest absolute Gasteiger partial charge is 0.288 e. The highest BCUT2D eigenvalue weighted by atomic mass is 35.5. The van der Waals surface area contributed by atoms with E-state index >= 15 is 0 Å². The molecular formula is C13H12ClFN2O4S. The van der Waals surface area contributed by atoms with E-state index in [1.54, 1.807) is 0 Å². The summed E-state index contributed by atoms with van der Waals surface area (Å²) in [6.45, 7) is -0.0121. The molecular weight excluding hydrogens is 335 g/mol. The van der Waals surface area contributed by atoms with Gasteiger partial charge in [0.05, 0.1) is 10.8 Å². The van der Waals surface area contributed by atoms with E-state index < -0.39 is 11.7 Å². The van der Waals surface area contributed by atoms with Gasteiger partial charge in [-0.15, -0.1) is 0 Å². The number of carbonyl (C=O) groups excluding carboxylic acids is 3. The maximum Gasteiger partial charge on any atom is 0.288 e. The molecule has 1 aromatic rings. The highest BCUT2D eigenvalue weighted by Crippen LogP contribution is 2.21. The first-order valence-electron chi connectivity index (χ1n) is 6.29. The molecule has 1 aromatic carbocycles. The lowest BCUT2D eigenvalue weighted by atomic mass is 10.3. The molecule has 22 heavy (non-hydrogen) atoms. The van der Waals surface area contributed by atoms with E-state index in [4.69, 9.17) is 16.3 Å². The molecule has 0 unspecified atom stereocenters. The maximum absolute atomic E-state index is 12.9. The van der Waals surface area contributed by atoms with Crippen molar-refractivity contribution in [2.24, 2.45) is 0 Å². The van der Waals surface area contributed by atoms with Crippen LogP contribution in [0.2, 0.25) is 5.02 Å². The van der Waals surface area contributed by atoms with Gasteiger partial charge < -0.3 is 10.1 Å². The van der Waals surface area contributed by atoms with Crippen LogP contribution in [0.25, 0.3) is 0 Å². The molecule has 1 saturated heterocycles. The Bertz CT molecular complexity index is 598. The van der Waals surface area contributed by atoms with Gasteiger partial charge in [0.1, 0.15) is 11.6 Å². The van der Waals surface area contributed by atoms with Crippen LogP contribution < -0.4 is 10.1 Å². The molecule has 0 aromatic heterocycles. The molecule has 1 heterocycles. The minimum atomic E-state index is -0.573. The summed E-state index contributed by atoms with van der Waals surface area (Å²) in [7, 11) is 0. The third-order valence-electron chi connectivity index (χ3n) is 2.76. The van der Waals surface area contributed by atoms with Crippen molar-refractivity contribution in [2.45, 2.75) is 0 Å². The normalized spacial score (nSPS) is 14.4. The Morgan fingerprint density at radius 3 is 2.86 bits per heavy atom. The number of amides is 3. The van der Waals surface area contributed by atoms with Gasteiger partial charge in [0.25, 0.3) is 11.1 Å². The highest BCUT2D eigenvalue weighted by Gasteiger charge is 2.29. The van der Waals surface area contributed by atoms with E-state index in [1.807, 2.05) is 0 Å². The van der Waals surface area contributed by atoms with E-state index in [0.717, 1.165) is 22.7 Å². The van der Waals surface area contributed by atoms with Gasteiger partial charge in [-0.05, 0) is 12.1 Å². The molecule has 0 atom stereocenters. The fourth-order valence-corrected chi connectivity index (χ4v) is 2.59. The number of hydrogen-bond acceptors (Lipinski definition) is 5. The lowest BCUT2D eigenvalue weighted by Crippen LogP contribution is -2.38.